The van der Waals surface area contributed by atoms with Gasteiger partial charge >= 0.3 is 75.5 Å². The van der Waals surface area contributed by atoms with Crippen LogP contribution in [0.3, 0.4) is 0 Å². The summed E-state index contributed by atoms with van der Waals surface area (Å²) in [6, 6.07) is 0. The van der Waals surface area contributed by atoms with Crippen molar-refractivity contribution in [1.82, 2.24) is 0 Å². The molecule has 0 saturated carbocycles. The maximum atomic E-state index is 10.5. The molecule has 17 heteroatoms. The van der Waals surface area contributed by atoms with Crippen molar-refractivity contribution >= 4 is 96.9 Å². The summed E-state index contributed by atoms with van der Waals surface area (Å²) in [5.41, 5.74) is 0. The first kappa shape index (κ1) is 32.9. The number of carbonyl (C=O) groups excluding carboxylic acids is 1. The zero-order valence-electron chi connectivity index (χ0n) is 11.5. The quantitative estimate of drug-likeness (QED) is 0.184. The average Bonchev–Trinajstić information content (AvgIpc) is 2.31. The Kier molecular flexibility index (Phi) is 21.9. The van der Waals surface area contributed by atoms with Crippen LogP contribution >= 0.6 is 15.6 Å². The number of carbonyl (C=O) groups is 1. The Morgan fingerprint density at radius 3 is 1.48 bits per heavy atom. The summed E-state index contributed by atoms with van der Waals surface area (Å²) in [7, 11) is -11.4. The van der Waals surface area contributed by atoms with Gasteiger partial charge in [0.25, 0.3) is 0 Å². The van der Waals surface area contributed by atoms with Gasteiger partial charge in [-0.05, 0) is 0 Å². The predicted octanol–water partition coefficient (Wildman–Crippen LogP) is -7.48. The molecule has 0 aromatic heterocycles. The van der Waals surface area contributed by atoms with E-state index in [1.54, 1.807) is 0 Å². The molecule has 0 aliphatic rings. The SMILES string of the molecule is O=C(CO)[C@@H](O)[C@H](O)[C@H](O)CO.O=P([O-])([O-])OP(=O)([O-])[O-].[Ca+2].[Ca+2]. The van der Waals surface area contributed by atoms with E-state index in [-0.39, 0.29) is 75.5 Å². The zero-order chi connectivity index (χ0) is 17.4. The first-order valence-electron chi connectivity index (χ1n) is 4.79. The van der Waals surface area contributed by atoms with Gasteiger partial charge in [0, 0.05) is 0 Å². The van der Waals surface area contributed by atoms with Crippen LogP contribution in [0.1, 0.15) is 0 Å². The predicted molar refractivity (Wildman–Crippen MR) is 65.0 cm³/mol. The van der Waals surface area contributed by atoms with Crippen LogP contribution in [0.4, 0.5) is 0 Å². The molecule has 13 nitrogen and oxygen atoms in total. The van der Waals surface area contributed by atoms with Crippen molar-refractivity contribution in [2.24, 2.45) is 0 Å². The van der Waals surface area contributed by atoms with Crippen LogP contribution in [0.15, 0.2) is 0 Å². The van der Waals surface area contributed by atoms with Crippen LogP contribution in [0, 0.1) is 0 Å². The summed E-state index contributed by atoms with van der Waals surface area (Å²) < 4.78 is 21.2. The molecule has 0 spiro atoms. The second-order valence-electron chi connectivity index (χ2n) is 3.29. The van der Waals surface area contributed by atoms with Crippen molar-refractivity contribution in [1.29, 1.82) is 0 Å². The Hall–Kier alpha value is 2.25. The molecule has 3 atom stereocenters. The Morgan fingerprint density at radius 1 is 0.957 bits per heavy atom. The molecule has 0 fully saturated rings. The van der Waals surface area contributed by atoms with Gasteiger partial charge in [0.1, 0.15) is 24.9 Å². The van der Waals surface area contributed by atoms with Gasteiger partial charge in [0.2, 0.25) is 0 Å². The number of hydrogen-bond acceptors (Lipinski definition) is 13. The number of hydrogen-bond donors (Lipinski definition) is 5. The molecule has 0 bridgehead atoms. The fourth-order valence-corrected chi connectivity index (χ4v) is 1.70. The zero-order valence-corrected chi connectivity index (χ0v) is 17.7. The van der Waals surface area contributed by atoms with E-state index in [9.17, 15) is 33.5 Å². The summed E-state index contributed by atoms with van der Waals surface area (Å²) in [4.78, 5) is 47.8. The molecule has 0 radical (unpaired) electrons. The second kappa shape index (κ2) is 15.3. The molecule has 5 N–H and O–H groups in total. The second-order valence-corrected chi connectivity index (χ2v) is 5.73. The van der Waals surface area contributed by atoms with Crippen molar-refractivity contribution in [2.75, 3.05) is 13.2 Å². The molecule has 0 amide bonds. The Balaban J connectivity index is -0.000000149. The van der Waals surface area contributed by atoms with Gasteiger partial charge in [-0.15, -0.1) is 0 Å². The first-order valence-corrected chi connectivity index (χ1v) is 7.71. The van der Waals surface area contributed by atoms with Gasteiger partial charge in [-0.25, -0.2) is 0 Å². The van der Waals surface area contributed by atoms with E-state index in [4.69, 9.17) is 25.5 Å². The third-order valence-electron chi connectivity index (χ3n) is 1.59. The molecule has 0 aliphatic carbocycles. The number of aliphatic hydroxyl groups is 5. The van der Waals surface area contributed by atoms with Crippen molar-refractivity contribution in [3.63, 3.8) is 0 Å². The van der Waals surface area contributed by atoms with Gasteiger partial charge in [-0.1, -0.05) is 0 Å². The topological polar surface area (TPSA) is 254 Å². The first-order chi connectivity index (χ1) is 9.25. The minimum Gasteiger partial charge on any atom is -0.790 e. The van der Waals surface area contributed by atoms with E-state index in [0.29, 0.717) is 0 Å². The molecule has 0 rings (SSSR count). The van der Waals surface area contributed by atoms with Gasteiger partial charge in [-0.2, -0.15) is 0 Å². The smallest absolute Gasteiger partial charge is 0.790 e. The van der Waals surface area contributed by atoms with E-state index in [2.05, 4.69) is 4.31 Å². The molecule has 0 aromatic rings. The standard InChI is InChI=1S/C6H12O6.2Ca.H4O7P2/c7-1-3(9)5(11)6(12)4(10)2-8;;;1-8(2,3)7-9(4,5)6/h3,5-9,11-12H,1-2H2;;;(H2,1,2,3)(H2,4,5,6)/q;2*+2;/p-4/t3-,5-,6-;;;/m1.../s1. The molecule has 0 aliphatic heterocycles. The van der Waals surface area contributed by atoms with Crippen molar-refractivity contribution in [3.05, 3.63) is 0 Å². The van der Waals surface area contributed by atoms with Crippen LogP contribution in [0.5, 0.6) is 0 Å². The van der Waals surface area contributed by atoms with Gasteiger partial charge in [0.15, 0.2) is 5.78 Å². The summed E-state index contributed by atoms with van der Waals surface area (Å²) in [5, 5.41) is 43.1. The molecule has 128 valence electrons. The van der Waals surface area contributed by atoms with E-state index in [1.807, 2.05) is 0 Å². The Bertz CT molecular complexity index is 387. The fourth-order valence-electron chi connectivity index (χ4n) is 0.725. The molecule has 0 aromatic carbocycles. The van der Waals surface area contributed by atoms with Crippen LogP contribution < -0.4 is 19.6 Å². The number of Topliss-reactive ketones (excluding diaryl/α,β-unsaturated/α-hetero) is 1. The molecule has 0 heterocycles. The maximum Gasteiger partial charge on any atom is 2.00 e. The van der Waals surface area contributed by atoms with Crippen LogP contribution in [0.25, 0.3) is 0 Å². The Morgan fingerprint density at radius 2 is 1.30 bits per heavy atom. The summed E-state index contributed by atoms with van der Waals surface area (Å²) in [5.74, 6) is -1.00. The number of rotatable bonds is 7. The van der Waals surface area contributed by atoms with Gasteiger partial charge in [-0.3, -0.25) is 4.79 Å². The summed E-state index contributed by atoms with van der Waals surface area (Å²) >= 11 is 0. The summed E-state index contributed by atoms with van der Waals surface area (Å²) in [6.45, 7) is -1.69. The molecule has 0 unspecified atom stereocenters. The van der Waals surface area contributed by atoms with E-state index < -0.39 is 53.0 Å². The number of ketones is 1. The fraction of sp³-hybridized carbons (Fsp3) is 0.833. The monoisotopic (exact) mass is 434 g/mol. The van der Waals surface area contributed by atoms with Crippen molar-refractivity contribution < 1.29 is 63.3 Å². The van der Waals surface area contributed by atoms with Crippen molar-refractivity contribution in [3.8, 4) is 0 Å². The van der Waals surface area contributed by atoms with E-state index in [1.165, 1.54) is 0 Å². The average molecular weight is 434 g/mol. The molecular formula is C6H12Ca2O13P2. The minimum absolute atomic E-state index is 0. The van der Waals surface area contributed by atoms with E-state index >= 15 is 0 Å². The number of aliphatic hydroxyl groups excluding tert-OH is 5. The van der Waals surface area contributed by atoms with Crippen LogP contribution in [0.2, 0.25) is 0 Å². The minimum atomic E-state index is -5.68. The van der Waals surface area contributed by atoms with Gasteiger partial charge in [0.05, 0.1) is 22.3 Å². The maximum absolute atomic E-state index is 10.5. The molecule has 23 heavy (non-hydrogen) atoms. The van der Waals surface area contributed by atoms with Crippen LogP contribution in [-0.2, 0) is 18.2 Å². The number of phosphoric acid groups is 2. The van der Waals surface area contributed by atoms with E-state index in [0.717, 1.165) is 0 Å². The van der Waals surface area contributed by atoms with Gasteiger partial charge < -0.3 is 58.5 Å². The van der Waals surface area contributed by atoms with Crippen LogP contribution in [-0.4, -0.2) is 138 Å². The molecular weight excluding hydrogens is 422 g/mol. The normalized spacial score (nSPS) is 15.0. The largest absolute Gasteiger partial charge is 2.00 e. The third kappa shape index (κ3) is 20.4. The van der Waals surface area contributed by atoms with Crippen molar-refractivity contribution in [2.45, 2.75) is 18.3 Å². The summed E-state index contributed by atoms with van der Waals surface area (Å²) in [6.07, 6.45) is -5.22. The third-order valence-corrected chi connectivity index (χ3v) is 3.19. The Labute approximate surface area is 189 Å². The molecule has 0 saturated heterocycles.